The van der Waals surface area contributed by atoms with Crippen LogP contribution in [-0.2, 0) is 0 Å². The SMILES string of the molecule is COc1ccc(C(C)N[C@H](C)C2CCCC2)c(F)c1. The fourth-order valence-corrected chi connectivity index (χ4v) is 3.06. The molecule has 2 atom stereocenters. The minimum Gasteiger partial charge on any atom is -0.497 e. The van der Waals surface area contributed by atoms with E-state index in [1.54, 1.807) is 7.11 Å². The van der Waals surface area contributed by atoms with Crippen LogP contribution in [0, 0.1) is 11.7 Å². The summed E-state index contributed by atoms with van der Waals surface area (Å²) in [6.45, 7) is 4.24. The molecule has 2 rings (SSSR count). The van der Waals surface area contributed by atoms with Gasteiger partial charge in [0.25, 0.3) is 0 Å². The van der Waals surface area contributed by atoms with Crippen molar-refractivity contribution in [3.8, 4) is 5.75 Å². The molecule has 0 radical (unpaired) electrons. The Morgan fingerprint density at radius 2 is 1.95 bits per heavy atom. The van der Waals surface area contributed by atoms with Gasteiger partial charge >= 0.3 is 0 Å². The standard InChI is InChI=1S/C16H24FNO/c1-11(13-6-4-5-7-13)18-12(2)15-9-8-14(19-3)10-16(15)17/h8-13,18H,4-7H2,1-3H3/t11-,12?/m1/s1. The van der Waals surface area contributed by atoms with Crippen molar-refractivity contribution in [2.75, 3.05) is 7.11 Å². The third-order valence-electron chi connectivity index (χ3n) is 4.29. The van der Waals surface area contributed by atoms with E-state index < -0.39 is 0 Å². The van der Waals surface area contributed by atoms with Crippen molar-refractivity contribution in [2.24, 2.45) is 5.92 Å². The fraction of sp³-hybridized carbons (Fsp3) is 0.625. The van der Waals surface area contributed by atoms with Gasteiger partial charge in [-0.1, -0.05) is 18.9 Å². The van der Waals surface area contributed by atoms with Crippen molar-refractivity contribution in [2.45, 2.75) is 51.6 Å². The first-order chi connectivity index (χ1) is 9.11. The summed E-state index contributed by atoms with van der Waals surface area (Å²) >= 11 is 0. The number of benzene rings is 1. The highest BCUT2D eigenvalue weighted by Gasteiger charge is 2.23. The van der Waals surface area contributed by atoms with Gasteiger partial charge in [-0.25, -0.2) is 4.39 Å². The number of ether oxygens (including phenoxy) is 1. The van der Waals surface area contributed by atoms with E-state index >= 15 is 0 Å². The molecule has 106 valence electrons. The van der Waals surface area contributed by atoms with Gasteiger partial charge in [0.2, 0.25) is 0 Å². The summed E-state index contributed by atoms with van der Waals surface area (Å²) in [5.41, 5.74) is 0.714. The lowest BCUT2D eigenvalue weighted by Gasteiger charge is -2.25. The van der Waals surface area contributed by atoms with E-state index in [2.05, 4.69) is 12.2 Å². The monoisotopic (exact) mass is 265 g/mol. The molecule has 2 nitrogen and oxygen atoms in total. The molecule has 0 amide bonds. The fourth-order valence-electron chi connectivity index (χ4n) is 3.06. The lowest BCUT2D eigenvalue weighted by molar-refractivity contribution is 0.348. The molecule has 1 aliphatic rings. The Balaban J connectivity index is 2.00. The molecule has 1 aromatic carbocycles. The van der Waals surface area contributed by atoms with E-state index in [0.29, 0.717) is 17.4 Å². The summed E-state index contributed by atoms with van der Waals surface area (Å²) in [5.74, 6) is 1.11. The van der Waals surface area contributed by atoms with Crippen molar-refractivity contribution < 1.29 is 9.13 Å². The maximum absolute atomic E-state index is 14.0. The molecule has 1 saturated carbocycles. The van der Waals surface area contributed by atoms with Crippen LogP contribution in [0.25, 0.3) is 0 Å². The molecular weight excluding hydrogens is 241 g/mol. The Labute approximate surface area is 115 Å². The van der Waals surface area contributed by atoms with Gasteiger partial charge in [-0.15, -0.1) is 0 Å². The molecule has 1 aliphatic carbocycles. The second-order valence-corrected chi connectivity index (χ2v) is 5.61. The van der Waals surface area contributed by atoms with Gasteiger partial charge in [-0.2, -0.15) is 0 Å². The molecule has 0 aromatic heterocycles. The maximum atomic E-state index is 14.0. The third kappa shape index (κ3) is 3.47. The highest BCUT2D eigenvalue weighted by molar-refractivity contribution is 5.30. The average molecular weight is 265 g/mol. The van der Waals surface area contributed by atoms with Gasteiger partial charge in [0.15, 0.2) is 0 Å². The van der Waals surface area contributed by atoms with E-state index in [1.807, 2.05) is 19.1 Å². The first-order valence-corrected chi connectivity index (χ1v) is 7.21. The highest BCUT2D eigenvalue weighted by Crippen LogP contribution is 2.29. The van der Waals surface area contributed by atoms with Crippen LogP contribution >= 0.6 is 0 Å². The van der Waals surface area contributed by atoms with Crippen LogP contribution in [0.5, 0.6) is 5.75 Å². The molecule has 1 aromatic rings. The van der Waals surface area contributed by atoms with E-state index in [-0.39, 0.29) is 11.9 Å². The molecular formula is C16H24FNO. The zero-order valence-corrected chi connectivity index (χ0v) is 12.1. The van der Waals surface area contributed by atoms with Crippen LogP contribution in [0.15, 0.2) is 18.2 Å². The number of halogens is 1. The highest BCUT2D eigenvalue weighted by atomic mass is 19.1. The molecule has 0 spiro atoms. The van der Waals surface area contributed by atoms with E-state index in [0.717, 1.165) is 5.92 Å². The molecule has 0 aliphatic heterocycles. The normalized spacial score (nSPS) is 19.4. The maximum Gasteiger partial charge on any atom is 0.131 e. The minimum absolute atomic E-state index is 0.0292. The summed E-state index contributed by atoms with van der Waals surface area (Å²) < 4.78 is 19.0. The van der Waals surface area contributed by atoms with Crippen LogP contribution in [0.3, 0.4) is 0 Å². The van der Waals surface area contributed by atoms with Crippen LogP contribution in [0.1, 0.15) is 51.1 Å². The van der Waals surface area contributed by atoms with Gasteiger partial charge in [0, 0.05) is 23.7 Å². The second-order valence-electron chi connectivity index (χ2n) is 5.61. The predicted octanol–water partition coefficient (Wildman–Crippen LogP) is 4.06. The van der Waals surface area contributed by atoms with Gasteiger partial charge in [-0.3, -0.25) is 0 Å². The van der Waals surface area contributed by atoms with Crippen molar-refractivity contribution in [3.63, 3.8) is 0 Å². The second kappa shape index (κ2) is 6.38. The Bertz CT molecular complexity index is 415. The largest absolute Gasteiger partial charge is 0.497 e. The summed E-state index contributed by atoms with van der Waals surface area (Å²) in [6, 6.07) is 5.55. The molecule has 0 bridgehead atoms. The average Bonchev–Trinajstić information content (AvgIpc) is 2.92. The lowest BCUT2D eigenvalue weighted by Crippen LogP contribution is -2.34. The Hall–Kier alpha value is -1.09. The summed E-state index contributed by atoms with van der Waals surface area (Å²) in [5, 5.41) is 3.54. The summed E-state index contributed by atoms with van der Waals surface area (Å²) in [6.07, 6.45) is 5.27. The quantitative estimate of drug-likeness (QED) is 0.866. The van der Waals surface area contributed by atoms with Crippen molar-refractivity contribution in [1.82, 2.24) is 5.32 Å². The molecule has 0 heterocycles. The predicted molar refractivity (Wildman–Crippen MR) is 75.9 cm³/mol. The van der Waals surface area contributed by atoms with E-state index in [1.165, 1.54) is 31.7 Å². The zero-order valence-electron chi connectivity index (χ0n) is 12.1. The van der Waals surface area contributed by atoms with Crippen LogP contribution < -0.4 is 10.1 Å². The van der Waals surface area contributed by atoms with Gasteiger partial charge in [0.1, 0.15) is 11.6 Å². The zero-order chi connectivity index (χ0) is 13.8. The van der Waals surface area contributed by atoms with Crippen LogP contribution in [0.4, 0.5) is 4.39 Å². The topological polar surface area (TPSA) is 21.3 Å². The van der Waals surface area contributed by atoms with Crippen molar-refractivity contribution >= 4 is 0 Å². The molecule has 0 saturated heterocycles. The molecule has 1 unspecified atom stereocenters. The lowest BCUT2D eigenvalue weighted by atomic mass is 9.97. The summed E-state index contributed by atoms with van der Waals surface area (Å²) in [7, 11) is 1.55. The van der Waals surface area contributed by atoms with E-state index in [9.17, 15) is 4.39 Å². The Kier molecular flexibility index (Phi) is 4.81. The van der Waals surface area contributed by atoms with Crippen LogP contribution in [-0.4, -0.2) is 13.2 Å². The Morgan fingerprint density at radius 3 is 2.53 bits per heavy atom. The van der Waals surface area contributed by atoms with Crippen molar-refractivity contribution in [1.29, 1.82) is 0 Å². The molecule has 3 heteroatoms. The molecule has 19 heavy (non-hydrogen) atoms. The van der Waals surface area contributed by atoms with Gasteiger partial charge < -0.3 is 10.1 Å². The van der Waals surface area contributed by atoms with Gasteiger partial charge in [0.05, 0.1) is 7.11 Å². The third-order valence-corrected chi connectivity index (χ3v) is 4.29. The number of nitrogens with one attached hydrogen (secondary N) is 1. The smallest absolute Gasteiger partial charge is 0.131 e. The molecule has 1 N–H and O–H groups in total. The minimum atomic E-state index is -0.196. The number of rotatable bonds is 5. The number of methoxy groups -OCH3 is 1. The molecule has 1 fully saturated rings. The number of hydrogen-bond donors (Lipinski definition) is 1. The first-order valence-electron chi connectivity index (χ1n) is 7.21. The van der Waals surface area contributed by atoms with Gasteiger partial charge in [-0.05, 0) is 38.7 Å². The summed E-state index contributed by atoms with van der Waals surface area (Å²) in [4.78, 5) is 0. The Morgan fingerprint density at radius 1 is 1.26 bits per heavy atom. The first kappa shape index (κ1) is 14.3. The number of hydrogen-bond acceptors (Lipinski definition) is 2. The van der Waals surface area contributed by atoms with Crippen LogP contribution in [0.2, 0.25) is 0 Å². The van der Waals surface area contributed by atoms with E-state index in [4.69, 9.17) is 4.74 Å². The van der Waals surface area contributed by atoms with Crippen molar-refractivity contribution in [3.05, 3.63) is 29.6 Å².